The van der Waals surface area contributed by atoms with Gasteiger partial charge < -0.3 is 10.1 Å². The average Bonchev–Trinajstić information content (AvgIpc) is 3.00. The van der Waals surface area contributed by atoms with E-state index in [-0.39, 0.29) is 17.7 Å². The van der Waals surface area contributed by atoms with Gasteiger partial charge >= 0.3 is 0 Å². The number of nitrogens with one attached hydrogen (secondary N) is 1. The highest BCUT2D eigenvalue weighted by molar-refractivity contribution is 9.10. The molecule has 0 saturated carbocycles. The lowest BCUT2D eigenvalue weighted by Gasteiger charge is -2.15. The molecule has 0 unspecified atom stereocenters. The smallest absolute Gasteiger partial charge is 0.266 e. The summed E-state index contributed by atoms with van der Waals surface area (Å²) in [5.74, 6) is -0.427. The van der Waals surface area contributed by atoms with Crippen molar-refractivity contribution in [1.29, 1.82) is 0 Å². The van der Waals surface area contributed by atoms with E-state index >= 15 is 0 Å². The molecular weight excluding hydrogens is 448 g/mol. The Hall–Kier alpha value is -3.45. The summed E-state index contributed by atoms with van der Waals surface area (Å²) in [6.45, 7) is 2.41. The predicted octanol–water partition coefficient (Wildman–Crippen LogP) is 4.90. The molecule has 4 rings (SSSR count). The fourth-order valence-electron chi connectivity index (χ4n) is 3.26. The second-order valence-corrected chi connectivity index (χ2v) is 7.43. The van der Waals surface area contributed by atoms with Crippen molar-refractivity contribution in [2.75, 3.05) is 16.8 Å². The molecule has 30 heavy (non-hydrogen) atoms. The topological polar surface area (TPSA) is 75.7 Å². The van der Waals surface area contributed by atoms with Crippen molar-refractivity contribution in [1.82, 2.24) is 0 Å². The Morgan fingerprint density at radius 2 is 1.67 bits per heavy atom. The van der Waals surface area contributed by atoms with Crippen LogP contribution in [0.25, 0.3) is 0 Å². The maximum atomic E-state index is 12.7. The summed E-state index contributed by atoms with van der Waals surface area (Å²) in [6.07, 6.45) is 0. The van der Waals surface area contributed by atoms with E-state index in [1.807, 2.05) is 6.92 Å². The van der Waals surface area contributed by atoms with Crippen LogP contribution in [0.4, 0.5) is 11.4 Å². The molecule has 0 aromatic heterocycles. The van der Waals surface area contributed by atoms with Crippen LogP contribution >= 0.6 is 15.9 Å². The number of amides is 3. The van der Waals surface area contributed by atoms with E-state index in [9.17, 15) is 14.4 Å². The fourth-order valence-corrected chi connectivity index (χ4v) is 3.76. The number of rotatable bonds is 5. The quantitative estimate of drug-likeness (QED) is 0.544. The highest BCUT2D eigenvalue weighted by Gasteiger charge is 2.36. The Bertz CT molecular complexity index is 1140. The van der Waals surface area contributed by atoms with Crippen LogP contribution < -0.4 is 15.0 Å². The number of ether oxygens (including phenoxy) is 1. The van der Waals surface area contributed by atoms with Crippen LogP contribution in [0.2, 0.25) is 0 Å². The lowest BCUT2D eigenvalue weighted by Crippen LogP contribution is -2.29. The number of halogens is 1. The molecule has 1 aliphatic heterocycles. The average molecular weight is 465 g/mol. The van der Waals surface area contributed by atoms with Crippen molar-refractivity contribution in [3.63, 3.8) is 0 Å². The van der Waals surface area contributed by atoms with Gasteiger partial charge in [-0.25, -0.2) is 4.90 Å². The van der Waals surface area contributed by atoms with Gasteiger partial charge in [0.2, 0.25) is 0 Å². The standard InChI is InChI=1S/C23H17BrN2O4/c1-2-30-20-11-10-14(12-19(20)24)21(27)25-15-6-5-7-16(13-15)26-22(28)17-8-3-4-9-18(17)23(26)29/h3-13H,2H2,1H3,(H,25,27). The summed E-state index contributed by atoms with van der Waals surface area (Å²) in [4.78, 5) is 39.1. The van der Waals surface area contributed by atoms with Gasteiger partial charge in [0.15, 0.2) is 0 Å². The third kappa shape index (κ3) is 3.59. The maximum absolute atomic E-state index is 12.7. The van der Waals surface area contributed by atoms with Crippen molar-refractivity contribution in [3.8, 4) is 5.75 Å². The van der Waals surface area contributed by atoms with Crippen LogP contribution in [-0.2, 0) is 0 Å². The maximum Gasteiger partial charge on any atom is 0.266 e. The zero-order valence-corrected chi connectivity index (χ0v) is 17.6. The molecule has 6 nitrogen and oxygen atoms in total. The van der Waals surface area contributed by atoms with E-state index in [1.165, 1.54) is 0 Å². The number of benzene rings is 3. The Labute approximate surface area is 181 Å². The van der Waals surface area contributed by atoms with Gasteiger partial charge in [0.25, 0.3) is 17.7 Å². The number of imide groups is 1. The second kappa shape index (κ2) is 8.12. The van der Waals surface area contributed by atoms with Crippen LogP contribution in [-0.4, -0.2) is 24.3 Å². The predicted molar refractivity (Wildman–Crippen MR) is 117 cm³/mol. The van der Waals surface area contributed by atoms with Crippen molar-refractivity contribution in [2.45, 2.75) is 6.92 Å². The highest BCUT2D eigenvalue weighted by Crippen LogP contribution is 2.30. The molecule has 150 valence electrons. The largest absolute Gasteiger partial charge is 0.493 e. The molecule has 0 radical (unpaired) electrons. The number of carbonyl (C=O) groups excluding carboxylic acids is 3. The van der Waals surface area contributed by atoms with E-state index < -0.39 is 0 Å². The van der Waals surface area contributed by atoms with Crippen LogP contribution in [0.3, 0.4) is 0 Å². The monoisotopic (exact) mass is 464 g/mol. The van der Waals surface area contributed by atoms with E-state index in [4.69, 9.17) is 4.74 Å². The van der Waals surface area contributed by atoms with Crippen LogP contribution in [0.5, 0.6) is 5.75 Å². The van der Waals surface area contributed by atoms with Gasteiger partial charge in [-0.05, 0) is 71.4 Å². The number of hydrogen-bond acceptors (Lipinski definition) is 4. The first-order chi connectivity index (χ1) is 14.5. The van der Waals surface area contributed by atoms with Gasteiger partial charge in [-0.15, -0.1) is 0 Å². The molecule has 1 N–H and O–H groups in total. The van der Waals surface area contributed by atoms with Crippen molar-refractivity contribution in [3.05, 3.63) is 87.9 Å². The molecular formula is C23H17BrN2O4. The third-order valence-corrected chi connectivity index (χ3v) is 5.27. The van der Waals surface area contributed by atoms with Crippen molar-refractivity contribution < 1.29 is 19.1 Å². The molecule has 0 bridgehead atoms. The highest BCUT2D eigenvalue weighted by atomic mass is 79.9. The first kappa shape index (κ1) is 19.8. The number of fused-ring (bicyclic) bond motifs is 1. The van der Waals surface area contributed by atoms with E-state index in [0.717, 1.165) is 4.90 Å². The fraction of sp³-hybridized carbons (Fsp3) is 0.0870. The minimum atomic E-state index is -0.380. The molecule has 7 heteroatoms. The van der Waals surface area contributed by atoms with Crippen LogP contribution in [0.1, 0.15) is 38.0 Å². The summed E-state index contributed by atoms with van der Waals surface area (Å²) in [7, 11) is 0. The number of hydrogen-bond donors (Lipinski definition) is 1. The normalized spacial score (nSPS) is 12.7. The molecule has 3 aromatic rings. The third-order valence-electron chi connectivity index (χ3n) is 4.65. The second-order valence-electron chi connectivity index (χ2n) is 6.57. The Morgan fingerprint density at radius 1 is 0.967 bits per heavy atom. The van der Waals surface area contributed by atoms with Crippen LogP contribution in [0, 0.1) is 0 Å². The summed E-state index contributed by atoms with van der Waals surface area (Å²) < 4.78 is 6.14. The lowest BCUT2D eigenvalue weighted by atomic mass is 10.1. The first-order valence-electron chi connectivity index (χ1n) is 9.31. The van der Waals surface area contributed by atoms with E-state index in [2.05, 4.69) is 21.2 Å². The lowest BCUT2D eigenvalue weighted by molar-refractivity contribution is 0.0925. The summed E-state index contributed by atoms with van der Waals surface area (Å²) in [5, 5.41) is 2.80. The Kier molecular flexibility index (Phi) is 5.37. The first-order valence-corrected chi connectivity index (χ1v) is 10.1. The Balaban J connectivity index is 1.56. The SMILES string of the molecule is CCOc1ccc(C(=O)Nc2cccc(N3C(=O)c4ccccc4C3=O)c2)cc1Br. The van der Waals surface area contributed by atoms with Gasteiger partial charge in [0.1, 0.15) is 5.75 Å². The van der Waals surface area contributed by atoms with Gasteiger partial charge in [-0.1, -0.05) is 18.2 Å². The molecule has 0 fully saturated rings. The Morgan fingerprint density at radius 3 is 2.30 bits per heavy atom. The molecule has 3 amide bonds. The van der Waals surface area contributed by atoms with Gasteiger partial charge in [-0.2, -0.15) is 0 Å². The van der Waals surface area contributed by atoms with Crippen molar-refractivity contribution in [2.24, 2.45) is 0 Å². The summed E-state index contributed by atoms with van der Waals surface area (Å²) in [5.41, 5.74) is 2.05. The number of nitrogens with zero attached hydrogens (tertiary/aromatic N) is 1. The molecule has 0 spiro atoms. The van der Waals surface area contributed by atoms with Crippen molar-refractivity contribution >= 4 is 45.0 Å². The molecule has 3 aromatic carbocycles. The van der Waals surface area contributed by atoms with Crippen LogP contribution in [0.15, 0.2) is 71.2 Å². The molecule has 1 heterocycles. The van der Waals surface area contributed by atoms with E-state index in [1.54, 1.807) is 66.7 Å². The molecule has 0 aliphatic carbocycles. The number of carbonyl (C=O) groups is 3. The van der Waals surface area contributed by atoms with Gasteiger partial charge in [0, 0.05) is 11.3 Å². The summed E-state index contributed by atoms with van der Waals surface area (Å²) >= 11 is 3.40. The number of anilines is 2. The molecule has 0 atom stereocenters. The minimum absolute atomic E-state index is 0.321. The molecule has 1 aliphatic rings. The summed E-state index contributed by atoms with van der Waals surface area (Å²) in [6, 6.07) is 18.4. The molecule has 0 saturated heterocycles. The zero-order chi connectivity index (χ0) is 21.3. The van der Waals surface area contributed by atoms with Gasteiger partial charge in [-0.3, -0.25) is 14.4 Å². The van der Waals surface area contributed by atoms with Gasteiger partial charge in [0.05, 0.1) is 27.9 Å². The zero-order valence-electron chi connectivity index (χ0n) is 16.0. The minimum Gasteiger partial charge on any atom is -0.493 e. The van der Waals surface area contributed by atoms with E-state index in [0.29, 0.717) is 44.9 Å².